The highest BCUT2D eigenvalue weighted by atomic mass is 16.5. The van der Waals surface area contributed by atoms with E-state index in [0.717, 1.165) is 6.08 Å². The van der Waals surface area contributed by atoms with Crippen molar-refractivity contribution in [1.29, 1.82) is 0 Å². The molecule has 7 nitrogen and oxygen atoms in total. The van der Waals surface area contributed by atoms with E-state index in [1.165, 1.54) is 6.92 Å². The molecule has 0 radical (unpaired) electrons. The Labute approximate surface area is 137 Å². The summed E-state index contributed by atoms with van der Waals surface area (Å²) in [4.78, 5) is 52.3. The van der Waals surface area contributed by atoms with Gasteiger partial charge in [0.2, 0.25) is 5.78 Å². The summed E-state index contributed by atoms with van der Waals surface area (Å²) in [5, 5.41) is 0. The first-order valence-electron chi connectivity index (χ1n) is 7.25. The van der Waals surface area contributed by atoms with Crippen LogP contribution in [0.3, 0.4) is 0 Å². The smallest absolute Gasteiger partial charge is 0.331 e. The first-order valence-corrected chi connectivity index (χ1v) is 7.25. The summed E-state index contributed by atoms with van der Waals surface area (Å²) in [5.41, 5.74) is -1.28. The molecule has 0 aliphatic carbocycles. The maximum atomic E-state index is 12.6. The average molecular weight is 328 g/mol. The molecular weight excluding hydrogens is 312 g/mol. The minimum atomic E-state index is -0.799. The molecule has 0 saturated carbocycles. The summed E-state index contributed by atoms with van der Waals surface area (Å²) in [6.07, 6.45) is 1.11. The molecule has 2 rings (SSSR count). The average Bonchev–Trinajstić information content (AvgIpc) is 2.54. The number of aromatic amines is 2. The maximum Gasteiger partial charge on any atom is 0.331 e. The van der Waals surface area contributed by atoms with Crippen molar-refractivity contribution in [3.63, 3.8) is 0 Å². The number of ether oxygens (including phenoxy) is 1. The Morgan fingerprint density at radius 3 is 2.42 bits per heavy atom. The van der Waals surface area contributed by atoms with E-state index in [-0.39, 0.29) is 23.4 Å². The van der Waals surface area contributed by atoms with Crippen LogP contribution >= 0.6 is 0 Å². The lowest BCUT2D eigenvalue weighted by molar-refractivity contribution is -0.137. The number of hydrogen-bond donors (Lipinski definition) is 2. The SMILES string of the molecule is CCOC(=O)/C=C(\C)c1c(C(=O)c2ccccc2)[nH]c(=O)[nH]c1=O. The summed E-state index contributed by atoms with van der Waals surface area (Å²) in [6.45, 7) is 3.32. The monoisotopic (exact) mass is 328 g/mol. The quantitative estimate of drug-likeness (QED) is 0.488. The molecule has 0 unspecified atom stereocenters. The van der Waals surface area contributed by atoms with E-state index in [1.807, 2.05) is 0 Å². The lowest BCUT2D eigenvalue weighted by Gasteiger charge is -2.08. The van der Waals surface area contributed by atoms with Crippen LogP contribution in [-0.2, 0) is 9.53 Å². The number of H-pyrrole nitrogens is 2. The van der Waals surface area contributed by atoms with Gasteiger partial charge < -0.3 is 9.72 Å². The van der Waals surface area contributed by atoms with Crippen LogP contribution in [0.2, 0.25) is 0 Å². The molecular formula is C17H16N2O5. The number of benzene rings is 1. The van der Waals surface area contributed by atoms with Crippen LogP contribution in [0, 0.1) is 0 Å². The molecule has 24 heavy (non-hydrogen) atoms. The fraction of sp³-hybridized carbons (Fsp3) is 0.176. The van der Waals surface area contributed by atoms with Crippen LogP contribution in [0.1, 0.15) is 35.5 Å². The Bertz CT molecular complexity index is 907. The molecule has 7 heteroatoms. The molecule has 0 bridgehead atoms. The van der Waals surface area contributed by atoms with E-state index < -0.39 is 23.0 Å². The van der Waals surface area contributed by atoms with Gasteiger partial charge in [-0.1, -0.05) is 30.3 Å². The highest BCUT2D eigenvalue weighted by Crippen LogP contribution is 2.16. The molecule has 1 heterocycles. The normalized spacial score (nSPS) is 11.2. The molecule has 0 amide bonds. The van der Waals surface area contributed by atoms with Gasteiger partial charge in [-0.3, -0.25) is 14.6 Å². The second-order valence-electron chi connectivity index (χ2n) is 4.93. The van der Waals surface area contributed by atoms with Crippen molar-refractivity contribution in [3.05, 3.63) is 74.1 Å². The van der Waals surface area contributed by atoms with Crippen molar-refractivity contribution in [3.8, 4) is 0 Å². The Balaban J connectivity index is 2.61. The highest BCUT2D eigenvalue weighted by Gasteiger charge is 2.20. The second-order valence-corrected chi connectivity index (χ2v) is 4.93. The van der Waals surface area contributed by atoms with Crippen molar-refractivity contribution >= 4 is 17.3 Å². The topological polar surface area (TPSA) is 109 Å². The van der Waals surface area contributed by atoms with Crippen LogP contribution < -0.4 is 11.2 Å². The number of allylic oxidation sites excluding steroid dienone is 1. The number of nitrogens with one attached hydrogen (secondary N) is 2. The van der Waals surface area contributed by atoms with Gasteiger partial charge in [-0.2, -0.15) is 0 Å². The standard InChI is InChI=1S/C17H16N2O5/c1-3-24-12(20)9-10(2)13-14(18-17(23)19-16(13)22)15(21)11-7-5-4-6-8-11/h4-9H,3H2,1-2H3,(H2,18,19,22,23)/b10-9+. The molecule has 0 spiro atoms. The fourth-order valence-corrected chi connectivity index (χ4v) is 2.20. The summed E-state index contributed by atoms with van der Waals surface area (Å²) >= 11 is 0. The summed E-state index contributed by atoms with van der Waals surface area (Å²) in [5.74, 6) is -1.16. The maximum absolute atomic E-state index is 12.6. The molecule has 0 aliphatic rings. The third-order valence-electron chi connectivity index (χ3n) is 3.22. The third kappa shape index (κ3) is 3.75. The fourth-order valence-electron chi connectivity index (χ4n) is 2.20. The van der Waals surface area contributed by atoms with Crippen LogP contribution in [-0.4, -0.2) is 28.3 Å². The molecule has 0 fully saturated rings. The Kier molecular flexibility index (Phi) is 5.26. The zero-order valence-corrected chi connectivity index (χ0v) is 13.2. The number of esters is 1. The summed E-state index contributed by atoms with van der Waals surface area (Å²) < 4.78 is 4.80. The number of rotatable bonds is 5. The van der Waals surface area contributed by atoms with E-state index in [2.05, 4.69) is 9.97 Å². The molecule has 2 aromatic rings. The van der Waals surface area contributed by atoms with Crippen molar-refractivity contribution in [1.82, 2.24) is 9.97 Å². The van der Waals surface area contributed by atoms with Crippen LogP contribution in [0.25, 0.3) is 5.57 Å². The molecule has 0 saturated heterocycles. The zero-order chi connectivity index (χ0) is 17.7. The molecule has 2 N–H and O–H groups in total. The number of ketones is 1. The van der Waals surface area contributed by atoms with Gasteiger partial charge >= 0.3 is 11.7 Å². The van der Waals surface area contributed by atoms with Crippen LogP contribution in [0.15, 0.2) is 46.0 Å². The highest BCUT2D eigenvalue weighted by molar-refractivity contribution is 6.10. The summed E-state index contributed by atoms with van der Waals surface area (Å²) in [7, 11) is 0. The number of hydrogen-bond acceptors (Lipinski definition) is 5. The van der Waals surface area contributed by atoms with Gasteiger partial charge in [0.15, 0.2) is 0 Å². The van der Waals surface area contributed by atoms with Crippen LogP contribution in [0.5, 0.6) is 0 Å². The predicted molar refractivity (Wildman–Crippen MR) is 87.8 cm³/mol. The van der Waals surface area contributed by atoms with Gasteiger partial charge in [-0.05, 0) is 19.4 Å². The minimum Gasteiger partial charge on any atom is -0.463 e. The van der Waals surface area contributed by atoms with Gasteiger partial charge in [0, 0.05) is 11.6 Å². The van der Waals surface area contributed by atoms with Crippen molar-refractivity contribution < 1.29 is 14.3 Å². The molecule has 124 valence electrons. The molecule has 0 atom stereocenters. The van der Waals surface area contributed by atoms with Gasteiger partial charge in [0.25, 0.3) is 5.56 Å². The lowest BCUT2D eigenvalue weighted by Crippen LogP contribution is -2.29. The first-order chi connectivity index (χ1) is 11.4. The van der Waals surface area contributed by atoms with Gasteiger partial charge in [0.1, 0.15) is 5.69 Å². The molecule has 1 aromatic carbocycles. The Hall–Kier alpha value is -3.22. The Morgan fingerprint density at radius 2 is 1.79 bits per heavy atom. The van der Waals surface area contributed by atoms with E-state index in [1.54, 1.807) is 37.3 Å². The second kappa shape index (κ2) is 7.36. The minimum absolute atomic E-state index is 0.0727. The van der Waals surface area contributed by atoms with E-state index in [0.29, 0.717) is 5.56 Å². The predicted octanol–water partition coefficient (Wildman–Crippen LogP) is 1.26. The van der Waals surface area contributed by atoms with Crippen molar-refractivity contribution in [2.75, 3.05) is 6.61 Å². The number of carbonyl (C=O) groups is 2. The molecule has 0 aliphatic heterocycles. The van der Waals surface area contributed by atoms with Crippen molar-refractivity contribution in [2.45, 2.75) is 13.8 Å². The lowest BCUT2D eigenvalue weighted by atomic mass is 10.00. The van der Waals surface area contributed by atoms with E-state index in [4.69, 9.17) is 4.74 Å². The zero-order valence-electron chi connectivity index (χ0n) is 13.2. The van der Waals surface area contributed by atoms with E-state index in [9.17, 15) is 19.2 Å². The van der Waals surface area contributed by atoms with Gasteiger partial charge in [0.05, 0.1) is 12.2 Å². The molecule has 1 aromatic heterocycles. The third-order valence-corrected chi connectivity index (χ3v) is 3.22. The number of carbonyl (C=O) groups excluding carboxylic acids is 2. The van der Waals surface area contributed by atoms with Crippen LogP contribution in [0.4, 0.5) is 0 Å². The van der Waals surface area contributed by atoms with E-state index >= 15 is 0 Å². The largest absolute Gasteiger partial charge is 0.463 e. The Morgan fingerprint density at radius 1 is 1.12 bits per heavy atom. The number of aromatic nitrogens is 2. The van der Waals surface area contributed by atoms with Gasteiger partial charge in [-0.15, -0.1) is 0 Å². The van der Waals surface area contributed by atoms with Gasteiger partial charge in [-0.25, -0.2) is 9.59 Å². The summed E-state index contributed by atoms with van der Waals surface area (Å²) in [6, 6.07) is 8.20. The first kappa shape index (κ1) is 17.1. The van der Waals surface area contributed by atoms with Crippen molar-refractivity contribution in [2.24, 2.45) is 0 Å².